The number of amidine groups is 1. The average molecular weight is 513 g/mol. The first-order valence-corrected chi connectivity index (χ1v) is 13.1. The number of nitrogens with zero attached hydrogens (tertiary/aromatic N) is 2. The molecule has 0 aromatic heterocycles. The second kappa shape index (κ2) is 12.9. The molecule has 0 saturated carbocycles. The van der Waals surface area contributed by atoms with Crippen LogP contribution < -0.4 is 10.5 Å². The van der Waals surface area contributed by atoms with E-state index in [1.807, 2.05) is 53.4 Å². The van der Waals surface area contributed by atoms with Crippen molar-refractivity contribution in [3.63, 3.8) is 0 Å². The summed E-state index contributed by atoms with van der Waals surface area (Å²) in [5, 5.41) is 7.62. The molecule has 4 rings (SSSR count). The van der Waals surface area contributed by atoms with Crippen LogP contribution in [-0.2, 0) is 17.8 Å². The molecule has 1 aliphatic heterocycles. The van der Waals surface area contributed by atoms with Crippen LogP contribution in [0.1, 0.15) is 46.8 Å². The summed E-state index contributed by atoms with van der Waals surface area (Å²) < 4.78 is 5.91. The summed E-state index contributed by atoms with van der Waals surface area (Å²) in [6, 6.07) is 25.0. The van der Waals surface area contributed by atoms with E-state index in [0.29, 0.717) is 42.5 Å². The van der Waals surface area contributed by atoms with Gasteiger partial charge in [0, 0.05) is 37.7 Å². The predicted molar refractivity (Wildman–Crippen MR) is 149 cm³/mol. The highest BCUT2D eigenvalue weighted by molar-refractivity contribution is 5.95. The van der Waals surface area contributed by atoms with Gasteiger partial charge in [-0.1, -0.05) is 54.6 Å². The molecule has 3 N–H and O–H groups in total. The van der Waals surface area contributed by atoms with Crippen LogP contribution in [0.25, 0.3) is 0 Å². The van der Waals surface area contributed by atoms with Gasteiger partial charge in [0.2, 0.25) is 5.91 Å². The minimum Gasteiger partial charge on any atom is -0.492 e. The van der Waals surface area contributed by atoms with Crippen molar-refractivity contribution in [2.45, 2.75) is 32.7 Å². The molecule has 0 unspecified atom stereocenters. The molecule has 0 aliphatic carbocycles. The number of likely N-dealkylation sites (tertiary alicyclic amines) is 1. The lowest BCUT2D eigenvalue weighted by atomic mass is 9.90. The van der Waals surface area contributed by atoms with Crippen LogP contribution in [0.2, 0.25) is 0 Å². The Labute approximate surface area is 224 Å². The van der Waals surface area contributed by atoms with E-state index in [2.05, 4.69) is 12.1 Å². The molecule has 0 radical (unpaired) electrons. The second-order valence-electron chi connectivity index (χ2n) is 9.85. The lowest BCUT2D eigenvalue weighted by molar-refractivity contribution is -0.130. The first-order chi connectivity index (χ1) is 18.4. The normalized spacial score (nSPS) is 13.7. The van der Waals surface area contributed by atoms with Crippen LogP contribution in [-0.4, -0.2) is 53.7 Å². The highest BCUT2D eigenvalue weighted by Crippen LogP contribution is 2.22. The van der Waals surface area contributed by atoms with Gasteiger partial charge >= 0.3 is 0 Å². The number of nitrogens with one attached hydrogen (secondary N) is 1. The lowest BCUT2D eigenvalue weighted by Gasteiger charge is -2.31. The van der Waals surface area contributed by atoms with Crippen LogP contribution >= 0.6 is 0 Å². The number of piperidine rings is 1. The minimum atomic E-state index is -0.0451. The summed E-state index contributed by atoms with van der Waals surface area (Å²) >= 11 is 0. The highest BCUT2D eigenvalue weighted by Gasteiger charge is 2.21. The van der Waals surface area contributed by atoms with Gasteiger partial charge in [-0.05, 0) is 60.6 Å². The SMILES string of the molecule is CC(=O)N1CCC(Cc2ccc(C(=O)N(CCOc3cccc(C(=N)N)c3)Cc3ccccc3)cc2)CC1. The second-order valence-corrected chi connectivity index (χ2v) is 9.85. The summed E-state index contributed by atoms with van der Waals surface area (Å²) in [4.78, 5) is 28.8. The Balaban J connectivity index is 1.39. The van der Waals surface area contributed by atoms with E-state index in [9.17, 15) is 9.59 Å². The van der Waals surface area contributed by atoms with Gasteiger partial charge in [0.25, 0.3) is 5.91 Å². The number of hydrogen-bond donors (Lipinski definition) is 2. The molecule has 0 spiro atoms. The van der Waals surface area contributed by atoms with Crippen molar-refractivity contribution in [1.29, 1.82) is 5.41 Å². The Morgan fingerprint density at radius 2 is 1.66 bits per heavy atom. The fourth-order valence-corrected chi connectivity index (χ4v) is 4.83. The molecule has 198 valence electrons. The van der Waals surface area contributed by atoms with E-state index in [4.69, 9.17) is 15.9 Å². The molecule has 38 heavy (non-hydrogen) atoms. The van der Waals surface area contributed by atoms with Gasteiger partial charge < -0.3 is 20.3 Å². The molecule has 1 aliphatic rings. The molecule has 7 nitrogen and oxygen atoms in total. The molecular weight excluding hydrogens is 476 g/mol. The van der Waals surface area contributed by atoms with Gasteiger partial charge in [-0.25, -0.2) is 0 Å². The number of amides is 2. The Morgan fingerprint density at radius 3 is 2.32 bits per heavy atom. The van der Waals surface area contributed by atoms with Crippen LogP contribution in [0.4, 0.5) is 0 Å². The maximum absolute atomic E-state index is 13.5. The topological polar surface area (TPSA) is 99.7 Å². The molecule has 1 heterocycles. The van der Waals surface area contributed by atoms with Crippen molar-refractivity contribution in [3.05, 3.63) is 101 Å². The zero-order valence-electron chi connectivity index (χ0n) is 21.9. The third-order valence-corrected chi connectivity index (χ3v) is 7.06. The summed E-state index contributed by atoms with van der Waals surface area (Å²) in [7, 11) is 0. The van der Waals surface area contributed by atoms with E-state index >= 15 is 0 Å². The van der Waals surface area contributed by atoms with Gasteiger partial charge in [0.1, 0.15) is 18.2 Å². The Bertz CT molecular complexity index is 1240. The molecular formula is C31H36N4O3. The Morgan fingerprint density at radius 1 is 0.947 bits per heavy atom. The number of nitrogens with two attached hydrogens (primary N) is 1. The van der Waals surface area contributed by atoms with Gasteiger partial charge in [0.05, 0.1) is 6.54 Å². The number of nitrogen functional groups attached to an aromatic ring is 1. The summed E-state index contributed by atoms with van der Waals surface area (Å²) in [5.74, 6) is 1.27. The molecule has 7 heteroatoms. The van der Waals surface area contributed by atoms with Crippen LogP contribution in [0.3, 0.4) is 0 Å². The molecule has 3 aromatic rings. The number of carbonyl (C=O) groups is 2. The average Bonchev–Trinajstić information content (AvgIpc) is 2.93. The van der Waals surface area contributed by atoms with Gasteiger partial charge in [-0.15, -0.1) is 0 Å². The van der Waals surface area contributed by atoms with Gasteiger partial charge in [-0.3, -0.25) is 15.0 Å². The van der Waals surface area contributed by atoms with Crippen molar-refractivity contribution in [2.24, 2.45) is 11.7 Å². The maximum atomic E-state index is 13.5. The number of ether oxygens (including phenoxy) is 1. The minimum absolute atomic E-state index is 0.0127. The standard InChI is InChI=1S/C31H36N4O3/c1-23(36)34-16-14-25(15-17-34)20-24-10-12-27(13-11-24)31(37)35(22-26-6-3-2-4-7-26)18-19-38-29-9-5-8-28(21-29)30(32)33/h2-13,21,25H,14-20,22H2,1H3,(H3,32,33). The smallest absolute Gasteiger partial charge is 0.254 e. The van der Waals surface area contributed by atoms with Crippen molar-refractivity contribution in [2.75, 3.05) is 26.2 Å². The lowest BCUT2D eigenvalue weighted by Crippen LogP contribution is -2.37. The zero-order chi connectivity index (χ0) is 26.9. The van der Waals surface area contributed by atoms with Gasteiger partial charge in [0.15, 0.2) is 0 Å². The Hall–Kier alpha value is -4.13. The van der Waals surface area contributed by atoms with Crippen LogP contribution in [0.5, 0.6) is 5.75 Å². The fraction of sp³-hybridized carbons (Fsp3) is 0.323. The highest BCUT2D eigenvalue weighted by atomic mass is 16.5. The maximum Gasteiger partial charge on any atom is 0.254 e. The summed E-state index contributed by atoms with van der Waals surface area (Å²) in [6.07, 6.45) is 2.99. The first-order valence-electron chi connectivity index (χ1n) is 13.1. The van der Waals surface area contributed by atoms with Crippen LogP contribution in [0.15, 0.2) is 78.9 Å². The van der Waals surface area contributed by atoms with Crippen molar-refractivity contribution >= 4 is 17.6 Å². The van der Waals surface area contributed by atoms with Crippen molar-refractivity contribution in [1.82, 2.24) is 9.80 Å². The molecule has 0 atom stereocenters. The van der Waals surface area contributed by atoms with E-state index < -0.39 is 0 Å². The number of benzene rings is 3. The van der Waals surface area contributed by atoms with E-state index in [0.717, 1.165) is 37.9 Å². The summed E-state index contributed by atoms with van der Waals surface area (Å²) in [6.45, 7) is 4.49. The molecule has 1 fully saturated rings. The number of hydrogen-bond acceptors (Lipinski definition) is 4. The molecule has 2 amide bonds. The molecule has 3 aromatic carbocycles. The predicted octanol–water partition coefficient (Wildman–Crippen LogP) is 4.49. The number of carbonyl (C=O) groups excluding carboxylic acids is 2. The Kier molecular flexibility index (Phi) is 9.14. The molecule has 1 saturated heterocycles. The quantitative estimate of drug-likeness (QED) is 0.309. The van der Waals surface area contributed by atoms with Crippen molar-refractivity contribution < 1.29 is 14.3 Å². The number of rotatable bonds is 10. The van der Waals surface area contributed by atoms with Crippen LogP contribution in [0, 0.1) is 11.3 Å². The van der Waals surface area contributed by atoms with E-state index in [1.54, 1.807) is 30.0 Å². The van der Waals surface area contributed by atoms with E-state index in [1.165, 1.54) is 5.56 Å². The summed E-state index contributed by atoms with van der Waals surface area (Å²) in [5.41, 5.74) is 9.10. The monoisotopic (exact) mass is 512 g/mol. The molecule has 0 bridgehead atoms. The fourth-order valence-electron chi connectivity index (χ4n) is 4.83. The van der Waals surface area contributed by atoms with E-state index in [-0.39, 0.29) is 17.6 Å². The third-order valence-electron chi connectivity index (χ3n) is 7.06. The zero-order valence-corrected chi connectivity index (χ0v) is 21.9. The van der Waals surface area contributed by atoms with Crippen molar-refractivity contribution in [3.8, 4) is 5.75 Å². The van der Waals surface area contributed by atoms with Gasteiger partial charge in [-0.2, -0.15) is 0 Å². The largest absolute Gasteiger partial charge is 0.492 e. The third kappa shape index (κ3) is 7.44. The first kappa shape index (κ1) is 26.9.